The van der Waals surface area contributed by atoms with Crippen molar-refractivity contribution in [1.82, 2.24) is 10.3 Å². The minimum atomic E-state index is -4.51. The van der Waals surface area contributed by atoms with E-state index >= 15 is 0 Å². The summed E-state index contributed by atoms with van der Waals surface area (Å²) in [5.74, 6) is -1.53. The maximum atomic E-state index is 13.4. The second-order valence-electron chi connectivity index (χ2n) is 8.04. The maximum Gasteiger partial charge on any atom is 0.419 e. The number of alkyl carbamates (subject to hydrolysis) is 1. The van der Waals surface area contributed by atoms with Crippen molar-refractivity contribution in [2.45, 2.75) is 25.9 Å². The molecule has 0 aliphatic carbocycles. The Morgan fingerprint density at radius 3 is 2.36 bits per heavy atom. The van der Waals surface area contributed by atoms with E-state index < -0.39 is 35.2 Å². The zero-order chi connectivity index (χ0) is 23.9. The molecule has 1 saturated heterocycles. The number of aromatic amines is 1. The molecule has 0 saturated carbocycles. The maximum absolute atomic E-state index is 13.4. The van der Waals surface area contributed by atoms with Crippen LogP contribution < -0.4 is 10.9 Å². The lowest BCUT2D eigenvalue weighted by atomic mass is 9.88. The average molecular weight is 456 g/mol. The van der Waals surface area contributed by atoms with Gasteiger partial charge in [-0.1, -0.05) is 44.2 Å². The molecule has 1 aromatic heterocycles. The van der Waals surface area contributed by atoms with Gasteiger partial charge >= 0.3 is 12.3 Å². The molecule has 1 atom stereocenters. The van der Waals surface area contributed by atoms with Gasteiger partial charge < -0.3 is 9.72 Å². The summed E-state index contributed by atoms with van der Waals surface area (Å²) < 4.78 is 45.1. The van der Waals surface area contributed by atoms with Crippen LogP contribution in [0.3, 0.4) is 0 Å². The van der Waals surface area contributed by atoms with Crippen molar-refractivity contribution in [3.8, 4) is 11.3 Å². The van der Waals surface area contributed by atoms with E-state index in [1.165, 1.54) is 18.2 Å². The Bertz CT molecular complexity index is 1360. The molecule has 2 heterocycles. The van der Waals surface area contributed by atoms with Crippen molar-refractivity contribution in [2.24, 2.45) is 5.92 Å². The Labute approximate surface area is 186 Å². The Kier molecular flexibility index (Phi) is 5.57. The summed E-state index contributed by atoms with van der Waals surface area (Å²) in [5, 5.41) is 2.47. The summed E-state index contributed by atoms with van der Waals surface area (Å²) in [7, 11) is 0. The molecule has 2 N–H and O–H groups in total. The molecular formula is C24H19F3N2O4. The van der Waals surface area contributed by atoms with Gasteiger partial charge in [0.25, 0.3) is 11.5 Å². The fourth-order valence-electron chi connectivity index (χ4n) is 3.84. The van der Waals surface area contributed by atoms with Gasteiger partial charge in [0.2, 0.25) is 0 Å². The third-order valence-corrected chi connectivity index (χ3v) is 5.49. The lowest BCUT2D eigenvalue weighted by Crippen LogP contribution is -2.21. The predicted octanol–water partition coefficient (Wildman–Crippen LogP) is 5.10. The fraction of sp³-hybridized carbons (Fsp3) is 0.208. The molecule has 9 heteroatoms. The SMILES string of the molecule is CC(C)C(C=C1OC(=O)NC1=O)c1ccc(-c2ccc3cccc(C(F)(F)F)c3c2)[nH]c1=O. The summed E-state index contributed by atoms with van der Waals surface area (Å²) >= 11 is 0. The topological polar surface area (TPSA) is 88.3 Å². The van der Waals surface area contributed by atoms with Crippen LogP contribution in [0.4, 0.5) is 18.0 Å². The van der Waals surface area contributed by atoms with E-state index in [9.17, 15) is 27.6 Å². The molecule has 1 unspecified atom stereocenters. The molecule has 1 fully saturated rings. The molecule has 33 heavy (non-hydrogen) atoms. The van der Waals surface area contributed by atoms with Gasteiger partial charge in [-0.3, -0.25) is 14.9 Å². The zero-order valence-electron chi connectivity index (χ0n) is 17.6. The number of hydrogen-bond donors (Lipinski definition) is 2. The number of allylic oxidation sites excluding steroid dienone is 1. The zero-order valence-corrected chi connectivity index (χ0v) is 17.6. The van der Waals surface area contributed by atoms with Gasteiger partial charge in [-0.15, -0.1) is 0 Å². The van der Waals surface area contributed by atoms with Crippen LogP contribution in [-0.2, 0) is 15.7 Å². The number of rotatable bonds is 4. The molecule has 0 spiro atoms. The minimum Gasteiger partial charge on any atom is -0.404 e. The van der Waals surface area contributed by atoms with Crippen molar-refractivity contribution in [3.63, 3.8) is 0 Å². The van der Waals surface area contributed by atoms with Gasteiger partial charge in [-0.25, -0.2) is 4.79 Å². The monoisotopic (exact) mass is 456 g/mol. The van der Waals surface area contributed by atoms with Crippen LogP contribution in [0.25, 0.3) is 22.0 Å². The highest BCUT2D eigenvalue weighted by Crippen LogP contribution is 2.36. The predicted molar refractivity (Wildman–Crippen MR) is 115 cm³/mol. The Balaban J connectivity index is 1.75. The van der Waals surface area contributed by atoms with E-state index in [1.54, 1.807) is 30.3 Å². The Hall–Kier alpha value is -3.88. The number of ether oxygens (including phenoxy) is 1. The molecule has 0 radical (unpaired) electrons. The smallest absolute Gasteiger partial charge is 0.404 e. The normalized spacial score (nSPS) is 16.4. The number of alkyl halides is 3. The van der Waals surface area contributed by atoms with Crippen LogP contribution in [0.15, 0.2) is 65.2 Å². The van der Waals surface area contributed by atoms with Crippen molar-refractivity contribution in [1.29, 1.82) is 0 Å². The Morgan fingerprint density at radius 1 is 1.00 bits per heavy atom. The standard InChI is InChI=1S/C24H19F3N2O4/c1-12(2)16(11-20-22(31)29-23(32)33-20)15-8-9-19(28-21(15)30)14-7-6-13-4-3-5-18(17(13)10-14)24(25,26)27/h3-12,16H,1-2H3,(H,28,30)(H,29,31,32). The first-order chi connectivity index (χ1) is 15.5. The number of hydrogen-bond acceptors (Lipinski definition) is 4. The molecule has 1 aliphatic heterocycles. The van der Waals surface area contributed by atoms with Crippen LogP contribution in [-0.4, -0.2) is 17.0 Å². The van der Waals surface area contributed by atoms with Gasteiger partial charge in [0, 0.05) is 17.2 Å². The average Bonchev–Trinajstić information content (AvgIpc) is 3.07. The van der Waals surface area contributed by atoms with E-state index in [1.807, 2.05) is 19.2 Å². The first-order valence-electron chi connectivity index (χ1n) is 10.1. The van der Waals surface area contributed by atoms with E-state index in [0.29, 0.717) is 22.2 Å². The molecular weight excluding hydrogens is 437 g/mol. The van der Waals surface area contributed by atoms with Crippen LogP contribution in [0, 0.1) is 5.92 Å². The van der Waals surface area contributed by atoms with Crippen LogP contribution >= 0.6 is 0 Å². The number of imide groups is 1. The second-order valence-corrected chi connectivity index (χ2v) is 8.04. The summed E-state index contributed by atoms with van der Waals surface area (Å²) in [5.41, 5.74) is -0.114. The van der Waals surface area contributed by atoms with Gasteiger partial charge in [0.15, 0.2) is 5.76 Å². The third kappa shape index (κ3) is 4.39. The first-order valence-corrected chi connectivity index (χ1v) is 10.1. The molecule has 2 aromatic carbocycles. The molecule has 3 aromatic rings. The van der Waals surface area contributed by atoms with E-state index in [4.69, 9.17) is 4.74 Å². The molecule has 6 nitrogen and oxygen atoms in total. The molecule has 4 rings (SSSR count). The van der Waals surface area contributed by atoms with Crippen LogP contribution in [0.5, 0.6) is 0 Å². The fourth-order valence-corrected chi connectivity index (χ4v) is 3.84. The number of carbonyl (C=O) groups excluding carboxylic acids is 2. The number of amides is 2. The number of nitrogens with one attached hydrogen (secondary N) is 2. The molecule has 0 bridgehead atoms. The van der Waals surface area contributed by atoms with Crippen LogP contribution in [0.1, 0.15) is 30.9 Å². The van der Waals surface area contributed by atoms with Crippen molar-refractivity contribution < 1.29 is 27.5 Å². The summed E-state index contributed by atoms with van der Waals surface area (Å²) in [6.07, 6.45) is -3.98. The van der Waals surface area contributed by atoms with Crippen molar-refractivity contribution in [3.05, 3.63) is 81.8 Å². The van der Waals surface area contributed by atoms with E-state index in [2.05, 4.69) is 4.98 Å². The highest BCUT2D eigenvalue weighted by molar-refractivity contribution is 6.07. The highest BCUT2D eigenvalue weighted by atomic mass is 19.4. The summed E-state index contributed by atoms with van der Waals surface area (Å²) in [4.78, 5) is 38.7. The lowest BCUT2D eigenvalue weighted by molar-refractivity contribution is -0.136. The summed E-state index contributed by atoms with van der Waals surface area (Å²) in [6.45, 7) is 3.68. The molecule has 170 valence electrons. The number of cyclic esters (lactones) is 1. The first kappa shape index (κ1) is 22.3. The lowest BCUT2D eigenvalue weighted by Gasteiger charge is -2.17. The van der Waals surface area contributed by atoms with E-state index in [-0.39, 0.29) is 17.1 Å². The van der Waals surface area contributed by atoms with E-state index in [0.717, 1.165) is 6.07 Å². The minimum absolute atomic E-state index is 0.0336. The number of halogens is 3. The molecule has 2 amide bonds. The number of pyridine rings is 1. The number of aromatic nitrogens is 1. The van der Waals surface area contributed by atoms with Gasteiger partial charge in [0.05, 0.1) is 5.56 Å². The number of H-pyrrole nitrogens is 1. The van der Waals surface area contributed by atoms with Crippen molar-refractivity contribution >= 4 is 22.8 Å². The van der Waals surface area contributed by atoms with Gasteiger partial charge in [-0.05, 0) is 46.5 Å². The number of benzene rings is 2. The van der Waals surface area contributed by atoms with Crippen LogP contribution in [0.2, 0.25) is 0 Å². The second kappa shape index (κ2) is 8.23. The van der Waals surface area contributed by atoms with Gasteiger partial charge in [-0.2, -0.15) is 13.2 Å². The third-order valence-electron chi connectivity index (χ3n) is 5.49. The molecule has 1 aliphatic rings. The number of carbonyl (C=O) groups is 2. The quantitative estimate of drug-likeness (QED) is 0.535. The van der Waals surface area contributed by atoms with Gasteiger partial charge in [0.1, 0.15) is 0 Å². The largest absolute Gasteiger partial charge is 0.419 e. The highest BCUT2D eigenvalue weighted by Gasteiger charge is 2.32. The summed E-state index contributed by atoms with van der Waals surface area (Å²) in [6, 6.07) is 11.7. The van der Waals surface area contributed by atoms with Crippen molar-refractivity contribution in [2.75, 3.05) is 0 Å². The Morgan fingerprint density at radius 2 is 1.76 bits per heavy atom. The number of fused-ring (bicyclic) bond motifs is 1.